The van der Waals surface area contributed by atoms with Gasteiger partial charge in [-0.25, -0.2) is 0 Å². The maximum absolute atomic E-state index is 6.78. The van der Waals surface area contributed by atoms with Crippen molar-refractivity contribution in [3.05, 3.63) is 200 Å². The SMILES string of the molecule is c1ccc2c(N(c3ccc(-c4ccc(-c5cc6ccccc6c6ccccc56)cc4)cc3)c3ccc4c(c3)oc3ccccc34)c3oc4ccccc4c3cc2c1. The van der Waals surface area contributed by atoms with E-state index in [0.717, 1.165) is 82.8 Å². The number of anilines is 3. The maximum Gasteiger partial charge on any atom is 0.160 e. The number of furan rings is 2. The van der Waals surface area contributed by atoms with Crippen LogP contribution in [0.3, 0.4) is 0 Å². The summed E-state index contributed by atoms with van der Waals surface area (Å²) in [5.74, 6) is 0. The van der Waals surface area contributed by atoms with Crippen molar-refractivity contribution in [3.8, 4) is 22.3 Å². The van der Waals surface area contributed by atoms with E-state index in [0.29, 0.717) is 0 Å². The minimum atomic E-state index is 0.843. The van der Waals surface area contributed by atoms with Crippen molar-refractivity contribution >= 4 is 93.3 Å². The van der Waals surface area contributed by atoms with Crippen LogP contribution in [0.25, 0.3) is 98.4 Å². The summed E-state index contributed by atoms with van der Waals surface area (Å²) in [7, 11) is 0. The lowest BCUT2D eigenvalue weighted by molar-refractivity contribution is 0.668. The van der Waals surface area contributed by atoms with Crippen molar-refractivity contribution in [1.82, 2.24) is 0 Å². The van der Waals surface area contributed by atoms with Gasteiger partial charge in [0.15, 0.2) is 5.58 Å². The molecule has 12 aromatic rings. The van der Waals surface area contributed by atoms with Gasteiger partial charge in [-0.3, -0.25) is 0 Å². The predicted molar refractivity (Wildman–Crippen MR) is 239 cm³/mol. The molecule has 0 N–H and O–H groups in total. The van der Waals surface area contributed by atoms with E-state index in [1.807, 2.05) is 18.2 Å². The second kappa shape index (κ2) is 12.5. The quantitative estimate of drug-likeness (QED) is 0.165. The van der Waals surface area contributed by atoms with Gasteiger partial charge in [0.05, 0.1) is 11.4 Å². The van der Waals surface area contributed by atoms with Crippen molar-refractivity contribution in [2.75, 3.05) is 4.90 Å². The summed E-state index contributed by atoms with van der Waals surface area (Å²) in [5, 5.41) is 11.7. The van der Waals surface area contributed by atoms with E-state index < -0.39 is 0 Å². The van der Waals surface area contributed by atoms with Gasteiger partial charge in [-0.2, -0.15) is 0 Å². The summed E-state index contributed by atoms with van der Waals surface area (Å²) >= 11 is 0. The number of nitrogens with zero attached hydrogens (tertiary/aromatic N) is 1. The second-order valence-electron chi connectivity index (χ2n) is 14.9. The number of hydrogen-bond acceptors (Lipinski definition) is 3. The Morgan fingerprint density at radius 2 is 0.807 bits per heavy atom. The molecule has 0 aliphatic carbocycles. The lowest BCUT2D eigenvalue weighted by atomic mass is 9.92. The van der Waals surface area contributed by atoms with Crippen LogP contribution in [-0.2, 0) is 0 Å². The zero-order valence-corrected chi connectivity index (χ0v) is 30.8. The molecular formula is C54H33NO2. The van der Waals surface area contributed by atoms with E-state index in [4.69, 9.17) is 8.83 Å². The number of benzene rings is 10. The Hall–Kier alpha value is -7.62. The van der Waals surface area contributed by atoms with Gasteiger partial charge in [0, 0.05) is 38.7 Å². The van der Waals surface area contributed by atoms with Crippen LogP contribution >= 0.6 is 0 Å². The average Bonchev–Trinajstić information content (AvgIpc) is 3.84. The molecule has 0 radical (unpaired) electrons. The molecule has 0 fully saturated rings. The first-order chi connectivity index (χ1) is 28.2. The first-order valence-corrected chi connectivity index (χ1v) is 19.4. The molecule has 2 heterocycles. The molecule has 3 heteroatoms. The van der Waals surface area contributed by atoms with Crippen LogP contribution in [0.1, 0.15) is 0 Å². The number of hydrogen-bond donors (Lipinski definition) is 0. The zero-order chi connectivity index (χ0) is 37.5. The van der Waals surface area contributed by atoms with E-state index in [-0.39, 0.29) is 0 Å². The van der Waals surface area contributed by atoms with E-state index in [1.54, 1.807) is 0 Å². The average molecular weight is 728 g/mol. The first-order valence-electron chi connectivity index (χ1n) is 19.4. The highest BCUT2D eigenvalue weighted by molar-refractivity contribution is 6.20. The van der Waals surface area contributed by atoms with Crippen molar-refractivity contribution in [2.45, 2.75) is 0 Å². The molecule has 0 saturated heterocycles. The van der Waals surface area contributed by atoms with Gasteiger partial charge in [-0.15, -0.1) is 0 Å². The van der Waals surface area contributed by atoms with Crippen molar-refractivity contribution in [2.24, 2.45) is 0 Å². The zero-order valence-electron chi connectivity index (χ0n) is 30.8. The number of rotatable bonds is 5. The molecule has 266 valence electrons. The predicted octanol–water partition coefficient (Wildman–Crippen LogP) is 15.7. The van der Waals surface area contributed by atoms with Gasteiger partial charge in [0.2, 0.25) is 0 Å². The number of para-hydroxylation sites is 2. The number of fused-ring (bicyclic) bond motifs is 10. The lowest BCUT2D eigenvalue weighted by Crippen LogP contribution is -2.11. The highest BCUT2D eigenvalue weighted by Crippen LogP contribution is 2.48. The minimum absolute atomic E-state index is 0.843. The Morgan fingerprint density at radius 3 is 1.54 bits per heavy atom. The van der Waals surface area contributed by atoms with E-state index in [1.165, 1.54) is 32.7 Å². The molecule has 0 unspecified atom stereocenters. The van der Waals surface area contributed by atoms with Gasteiger partial charge < -0.3 is 13.7 Å². The fourth-order valence-corrected chi connectivity index (χ4v) is 8.92. The largest absolute Gasteiger partial charge is 0.456 e. The summed E-state index contributed by atoms with van der Waals surface area (Å²) in [6.45, 7) is 0. The third-order valence-corrected chi connectivity index (χ3v) is 11.6. The first kappa shape index (κ1) is 31.7. The third-order valence-electron chi connectivity index (χ3n) is 11.6. The Morgan fingerprint density at radius 1 is 0.298 bits per heavy atom. The molecule has 3 nitrogen and oxygen atoms in total. The van der Waals surface area contributed by atoms with Crippen LogP contribution in [0.4, 0.5) is 17.1 Å². The standard InChI is InChI=1S/C54H33NO2/c1-3-13-41-37(11-1)31-48(44-16-6-5-15-43(41)44)36-23-21-34(22-24-36)35-25-27-39(28-26-35)55(40-29-30-47-45-17-7-9-19-50(45)56-52(47)33-40)53-42-14-4-2-12-38(42)32-49-46-18-8-10-20-51(46)57-54(49)53/h1-33H. The highest BCUT2D eigenvalue weighted by atomic mass is 16.3. The Balaban J connectivity index is 1.01. The summed E-state index contributed by atoms with van der Waals surface area (Å²) in [6, 6.07) is 71.5. The summed E-state index contributed by atoms with van der Waals surface area (Å²) in [4.78, 5) is 2.33. The van der Waals surface area contributed by atoms with Crippen LogP contribution in [-0.4, -0.2) is 0 Å². The topological polar surface area (TPSA) is 29.5 Å². The van der Waals surface area contributed by atoms with Gasteiger partial charge in [-0.05, 0) is 97.7 Å². The van der Waals surface area contributed by atoms with Crippen molar-refractivity contribution in [3.63, 3.8) is 0 Å². The normalized spacial score (nSPS) is 11.9. The Labute approximate surface area is 328 Å². The minimum Gasteiger partial charge on any atom is -0.456 e. The van der Waals surface area contributed by atoms with Gasteiger partial charge in [0.1, 0.15) is 16.7 Å². The Bertz CT molecular complexity index is 3520. The molecule has 0 spiro atoms. The molecule has 12 rings (SSSR count). The molecule has 10 aromatic carbocycles. The molecule has 57 heavy (non-hydrogen) atoms. The van der Waals surface area contributed by atoms with E-state index >= 15 is 0 Å². The van der Waals surface area contributed by atoms with Crippen molar-refractivity contribution < 1.29 is 8.83 Å². The fourth-order valence-electron chi connectivity index (χ4n) is 8.92. The smallest absolute Gasteiger partial charge is 0.160 e. The van der Waals surface area contributed by atoms with E-state index in [9.17, 15) is 0 Å². The summed E-state index contributed by atoms with van der Waals surface area (Å²) in [5.41, 5.74) is 11.2. The van der Waals surface area contributed by atoms with Gasteiger partial charge in [0.25, 0.3) is 0 Å². The molecule has 0 aliphatic heterocycles. The molecule has 0 atom stereocenters. The van der Waals surface area contributed by atoms with Crippen LogP contribution in [0.2, 0.25) is 0 Å². The molecule has 0 bridgehead atoms. The molecule has 0 amide bonds. The Kier molecular flexibility index (Phi) is 6.93. The van der Waals surface area contributed by atoms with Crippen molar-refractivity contribution in [1.29, 1.82) is 0 Å². The molecule has 2 aromatic heterocycles. The molecule has 0 aliphatic rings. The van der Waals surface area contributed by atoms with E-state index in [2.05, 4.69) is 187 Å². The molecule has 0 saturated carbocycles. The van der Waals surface area contributed by atoms with Crippen LogP contribution in [0.15, 0.2) is 209 Å². The maximum atomic E-state index is 6.78. The monoisotopic (exact) mass is 727 g/mol. The fraction of sp³-hybridized carbons (Fsp3) is 0. The second-order valence-corrected chi connectivity index (χ2v) is 14.9. The molecular weight excluding hydrogens is 695 g/mol. The van der Waals surface area contributed by atoms with Gasteiger partial charge in [-0.1, -0.05) is 146 Å². The van der Waals surface area contributed by atoms with Gasteiger partial charge >= 0.3 is 0 Å². The summed E-state index contributed by atoms with van der Waals surface area (Å²) in [6.07, 6.45) is 0. The van der Waals surface area contributed by atoms with Crippen LogP contribution in [0, 0.1) is 0 Å². The highest BCUT2D eigenvalue weighted by Gasteiger charge is 2.24. The van der Waals surface area contributed by atoms with Crippen LogP contribution in [0.5, 0.6) is 0 Å². The van der Waals surface area contributed by atoms with Crippen LogP contribution < -0.4 is 4.90 Å². The third kappa shape index (κ3) is 4.99. The lowest BCUT2D eigenvalue weighted by Gasteiger charge is -2.27. The summed E-state index contributed by atoms with van der Waals surface area (Å²) < 4.78 is 13.2.